The number of fused-ring (bicyclic) bond motifs is 5. The van der Waals surface area contributed by atoms with Crippen LogP contribution in [0.1, 0.15) is 74.9 Å². The van der Waals surface area contributed by atoms with Crippen molar-refractivity contribution in [3.63, 3.8) is 0 Å². The van der Waals surface area contributed by atoms with Crippen molar-refractivity contribution in [3.05, 3.63) is 177 Å². The fourth-order valence-electron chi connectivity index (χ4n) is 7.38. The molecular weight excluding hydrogens is 751 g/mol. The molecule has 3 heteroatoms. The summed E-state index contributed by atoms with van der Waals surface area (Å²) in [6.07, 6.45) is 0. The Labute approximate surface area is 334 Å². The van der Waals surface area contributed by atoms with E-state index in [2.05, 4.69) is 134 Å². The SMILES string of the molecule is Cc1cc2[cH-]c3cc(C)c(C(C)(C)C)cc3c2cc1C(C)(C)C.Clc1ccc([C](=[Zr+2])c2ccc(Cl)c3ccccc23)c2ccccc12.c1cc[cH-]c1. The molecule has 0 fully saturated rings. The molecule has 8 rings (SSSR count). The summed E-state index contributed by atoms with van der Waals surface area (Å²) in [5, 5.41) is 11.7. The van der Waals surface area contributed by atoms with Crippen LogP contribution in [0.4, 0.5) is 0 Å². The van der Waals surface area contributed by atoms with E-state index in [1.807, 2.05) is 54.6 Å². The predicted molar refractivity (Wildman–Crippen MR) is 227 cm³/mol. The molecule has 8 aromatic carbocycles. The van der Waals surface area contributed by atoms with E-state index < -0.39 is 0 Å². The van der Waals surface area contributed by atoms with Gasteiger partial charge in [-0.2, -0.15) is 18.2 Å². The zero-order chi connectivity index (χ0) is 37.4. The largest absolute Gasteiger partial charge is 0.214 e. The summed E-state index contributed by atoms with van der Waals surface area (Å²) in [5.74, 6) is 0. The van der Waals surface area contributed by atoms with Crippen LogP contribution in [0.5, 0.6) is 0 Å². The van der Waals surface area contributed by atoms with Crippen LogP contribution in [-0.2, 0) is 35.1 Å². The van der Waals surface area contributed by atoms with Crippen LogP contribution in [0.15, 0.2) is 133 Å². The van der Waals surface area contributed by atoms with Gasteiger partial charge in [0.1, 0.15) is 0 Å². The van der Waals surface area contributed by atoms with Gasteiger partial charge in [-0.05, 0) is 24.7 Å². The molecule has 0 saturated heterocycles. The van der Waals surface area contributed by atoms with Crippen LogP contribution in [-0.4, -0.2) is 3.21 Å². The molecule has 260 valence electrons. The fourth-order valence-corrected chi connectivity index (χ4v) is 8.90. The van der Waals surface area contributed by atoms with Crippen molar-refractivity contribution in [2.45, 2.75) is 66.2 Å². The monoisotopic (exact) mass is 794 g/mol. The Hall–Kier alpha value is -3.61. The van der Waals surface area contributed by atoms with Crippen molar-refractivity contribution in [2.24, 2.45) is 0 Å². The summed E-state index contributed by atoms with van der Waals surface area (Å²) in [4.78, 5) is 0. The smallest absolute Gasteiger partial charge is 0.172 e. The Morgan fingerprint density at radius 1 is 0.500 bits per heavy atom. The van der Waals surface area contributed by atoms with Crippen LogP contribution in [0, 0.1) is 13.8 Å². The van der Waals surface area contributed by atoms with Crippen molar-refractivity contribution in [2.75, 3.05) is 0 Å². The van der Waals surface area contributed by atoms with E-state index in [0.29, 0.717) is 0 Å². The Morgan fingerprint density at radius 2 is 0.885 bits per heavy atom. The molecule has 0 aliphatic rings. The Morgan fingerprint density at radius 3 is 1.23 bits per heavy atom. The Kier molecular flexibility index (Phi) is 11.3. The van der Waals surface area contributed by atoms with Gasteiger partial charge >= 0.3 is 166 Å². The molecule has 0 bridgehead atoms. The molecule has 8 aromatic rings. The molecule has 0 atom stereocenters. The standard InChI is InChI=1S/C23H29.C21H12Cl2.C5H5.Zr/c1-14-9-16-11-17-10-15(2)21(23(6,7)8)13-19(17)18(16)12-20(14)22(3,4)5;22-20-11-9-14(16-5-1-3-7-18(16)20)13-15-10-12-21(23)19-8-4-2-6-17(15)19;1-2-4-5-3-1;/h9-13H,1-8H3;1-12H;1-5H;/q-1;;-1;+2. The molecule has 0 aliphatic heterocycles. The van der Waals surface area contributed by atoms with E-state index in [4.69, 9.17) is 23.2 Å². The van der Waals surface area contributed by atoms with E-state index >= 15 is 0 Å². The van der Waals surface area contributed by atoms with E-state index in [0.717, 1.165) is 20.8 Å². The molecule has 0 amide bonds. The average Bonchev–Trinajstić information content (AvgIpc) is 3.79. The van der Waals surface area contributed by atoms with Gasteiger partial charge in [-0.15, -0.1) is 39.7 Å². The first-order valence-corrected chi connectivity index (χ1v) is 19.9. The van der Waals surface area contributed by atoms with Gasteiger partial charge in [0.15, 0.2) is 0 Å². The third-order valence-electron chi connectivity index (χ3n) is 9.85. The summed E-state index contributed by atoms with van der Waals surface area (Å²) >= 11 is 14.1. The summed E-state index contributed by atoms with van der Waals surface area (Å²) in [6, 6.07) is 46.7. The number of hydrogen-bond acceptors (Lipinski definition) is 0. The van der Waals surface area contributed by atoms with E-state index in [1.165, 1.54) is 93.1 Å². The summed E-state index contributed by atoms with van der Waals surface area (Å²) in [6.45, 7) is 18.3. The van der Waals surface area contributed by atoms with Crippen molar-refractivity contribution >= 4 is 69.5 Å². The maximum atomic E-state index is 6.38. The molecule has 0 spiro atoms. The van der Waals surface area contributed by atoms with Crippen molar-refractivity contribution in [3.8, 4) is 0 Å². The third kappa shape index (κ3) is 7.99. The number of hydrogen-bond donors (Lipinski definition) is 0. The number of halogens is 2. The molecule has 0 unspecified atom stereocenters. The van der Waals surface area contributed by atoms with Crippen molar-refractivity contribution in [1.29, 1.82) is 0 Å². The van der Waals surface area contributed by atoms with Crippen LogP contribution >= 0.6 is 23.2 Å². The van der Waals surface area contributed by atoms with Crippen LogP contribution in [0.3, 0.4) is 0 Å². The molecule has 52 heavy (non-hydrogen) atoms. The van der Waals surface area contributed by atoms with Gasteiger partial charge in [-0.25, -0.2) is 12.1 Å². The molecular formula is C49H46Cl2Zr. The van der Waals surface area contributed by atoms with Gasteiger partial charge < -0.3 is 0 Å². The van der Waals surface area contributed by atoms with E-state index in [-0.39, 0.29) is 10.8 Å². The quantitative estimate of drug-likeness (QED) is 0.153. The normalized spacial score (nSPS) is 11.8. The second-order valence-corrected chi connectivity index (χ2v) is 17.8. The first-order valence-electron chi connectivity index (χ1n) is 17.9. The molecule has 0 aliphatic carbocycles. The van der Waals surface area contributed by atoms with Gasteiger partial charge in [0.05, 0.1) is 0 Å². The third-order valence-corrected chi connectivity index (χ3v) is 11.8. The van der Waals surface area contributed by atoms with E-state index in [9.17, 15) is 0 Å². The first-order chi connectivity index (χ1) is 24.6. The molecule has 0 N–H and O–H groups in total. The van der Waals surface area contributed by atoms with Crippen molar-refractivity contribution < 1.29 is 24.2 Å². The minimum absolute atomic E-state index is 0.180. The van der Waals surface area contributed by atoms with Gasteiger partial charge in [-0.1, -0.05) is 75.9 Å². The molecule has 0 nitrogen and oxygen atoms in total. The number of aryl methyl sites for hydroxylation is 2. The Balaban J connectivity index is 0.000000157. The summed E-state index contributed by atoms with van der Waals surface area (Å²) in [5.41, 5.74) is 8.53. The Bertz CT molecular complexity index is 2350. The predicted octanol–water partition coefficient (Wildman–Crippen LogP) is 14.7. The number of rotatable bonds is 2. The zero-order valence-electron chi connectivity index (χ0n) is 31.5. The zero-order valence-corrected chi connectivity index (χ0v) is 35.4. The van der Waals surface area contributed by atoms with Crippen LogP contribution in [0.25, 0.3) is 43.1 Å². The molecule has 0 heterocycles. The second-order valence-electron chi connectivity index (χ2n) is 15.8. The summed E-state index contributed by atoms with van der Waals surface area (Å²) < 4.78 is 1.31. The topological polar surface area (TPSA) is 0 Å². The van der Waals surface area contributed by atoms with Gasteiger partial charge in [0.25, 0.3) is 0 Å². The average molecular weight is 797 g/mol. The molecule has 0 radical (unpaired) electrons. The van der Waals surface area contributed by atoms with Gasteiger partial charge in [0, 0.05) is 0 Å². The van der Waals surface area contributed by atoms with Gasteiger partial charge in [-0.3, -0.25) is 0 Å². The number of benzene rings is 6. The van der Waals surface area contributed by atoms with Crippen LogP contribution < -0.4 is 0 Å². The summed E-state index contributed by atoms with van der Waals surface area (Å²) in [7, 11) is 0. The first kappa shape index (κ1) is 38.1. The minimum Gasteiger partial charge on any atom is -0.214 e. The molecule has 0 saturated carbocycles. The maximum absolute atomic E-state index is 6.38. The maximum Gasteiger partial charge on any atom is -0.172 e. The second kappa shape index (κ2) is 15.4. The minimum atomic E-state index is 0.180. The van der Waals surface area contributed by atoms with E-state index in [1.54, 1.807) is 0 Å². The van der Waals surface area contributed by atoms with Crippen molar-refractivity contribution in [1.82, 2.24) is 0 Å². The van der Waals surface area contributed by atoms with Crippen LogP contribution in [0.2, 0.25) is 10.0 Å². The fraction of sp³-hybridized carbons (Fsp3) is 0.204. The molecule has 0 aromatic heterocycles. The van der Waals surface area contributed by atoms with Gasteiger partial charge in [0.2, 0.25) is 0 Å².